The first kappa shape index (κ1) is 21.8. The van der Waals surface area contributed by atoms with Crippen LogP contribution in [0.2, 0.25) is 0 Å². The summed E-state index contributed by atoms with van der Waals surface area (Å²) in [5.41, 5.74) is 9.34. The van der Waals surface area contributed by atoms with Crippen molar-refractivity contribution in [3.05, 3.63) is 89.5 Å². The number of fused-ring (bicyclic) bond motifs is 1. The van der Waals surface area contributed by atoms with Gasteiger partial charge in [0.25, 0.3) is 5.91 Å². The molecular formula is C26H25FN6O. The maximum atomic E-state index is 13.6. The normalized spacial score (nSPS) is 15.6. The molecule has 1 atom stereocenters. The predicted molar refractivity (Wildman–Crippen MR) is 130 cm³/mol. The van der Waals surface area contributed by atoms with E-state index in [0.717, 1.165) is 33.3 Å². The molecule has 4 heterocycles. The number of hydrogen-bond donors (Lipinski definition) is 2. The molecule has 8 heteroatoms. The molecule has 3 aromatic heterocycles. The standard InChI is InChI=1S/C26H25FN6O/c27-22-5-8-33(16-22)24-12-17(3-6-30-24)9-19-11-21(15-29-13-19)26(34)32-14-18-1-2-23-20(10-18)4-7-31-25(23)28/h1-4,6-7,10-13,15,22H,5,8-9,14,16H2,(H2,28,31)(H,32,34). The zero-order chi connectivity index (χ0) is 23.5. The molecule has 0 bridgehead atoms. The van der Waals surface area contributed by atoms with Crippen LogP contribution in [-0.2, 0) is 13.0 Å². The first-order chi connectivity index (χ1) is 16.5. The molecule has 4 aromatic rings. The van der Waals surface area contributed by atoms with Gasteiger partial charge in [-0.1, -0.05) is 12.1 Å². The first-order valence-corrected chi connectivity index (χ1v) is 11.2. The Morgan fingerprint density at radius 2 is 1.94 bits per heavy atom. The van der Waals surface area contributed by atoms with Gasteiger partial charge in [0, 0.05) is 43.3 Å². The maximum absolute atomic E-state index is 13.6. The number of anilines is 2. The Balaban J connectivity index is 1.24. The Morgan fingerprint density at radius 3 is 2.79 bits per heavy atom. The molecule has 5 rings (SSSR count). The summed E-state index contributed by atoms with van der Waals surface area (Å²) in [6, 6.07) is 13.5. The second-order valence-electron chi connectivity index (χ2n) is 8.55. The van der Waals surface area contributed by atoms with E-state index in [2.05, 4.69) is 20.3 Å². The van der Waals surface area contributed by atoms with Crippen molar-refractivity contribution in [3.8, 4) is 0 Å². The predicted octanol–water partition coefficient (Wildman–Crippen LogP) is 3.68. The van der Waals surface area contributed by atoms with E-state index >= 15 is 0 Å². The summed E-state index contributed by atoms with van der Waals surface area (Å²) < 4.78 is 13.6. The number of nitrogens with zero attached hydrogens (tertiary/aromatic N) is 4. The molecular weight excluding hydrogens is 431 g/mol. The Morgan fingerprint density at radius 1 is 1.06 bits per heavy atom. The van der Waals surface area contributed by atoms with E-state index in [9.17, 15) is 9.18 Å². The molecule has 1 amide bonds. The lowest BCUT2D eigenvalue weighted by Gasteiger charge is -2.17. The van der Waals surface area contributed by atoms with Crippen LogP contribution in [0.15, 0.2) is 67.3 Å². The molecule has 34 heavy (non-hydrogen) atoms. The summed E-state index contributed by atoms with van der Waals surface area (Å²) in [6.07, 6.45) is 7.09. The van der Waals surface area contributed by atoms with Gasteiger partial charge in [0.15, 0.2) is 0 Å². The van der Waals surface area contributed by atoms with Crippen LogP contribution >= 0.6 is 0 Å². The number of benzene rings is 1. The van der Waals surface area contributed by atoms with E-state index in [-0.39, 0.29) is 5.91 Å². The van der Waals surface area contributed by atoms with E-state index in [1.54, 1.807) is 24.8 Å². The van der Waals surface area contributed by atoms with Crippen LogP contribution in [0.4, 0.5) is 16.0 Å². The number of aromatic nitrogens is 3. The van der Waals surface area contributed by atoms with Crippen LogP contribution in [0.25, 0.3) is 10.8 Å². The minimum absolute atomic E-state index is 0.190. The third-order valence-electron chi connectivity index (χ3n) is 6.04. The molecule has 1 aromatic carbocycles. The number of nitrogens with one attached hydrogen (secondary N) is 1. The van der Waals surface area contributed by atoms with E-state index in [4.69, 9.17) is 5.73 Å². The highest BCUT2D eigenvalue weighted by Crippen LogP contribution is 2.22. The van der Waals surface area contributed by atoms with Crippen molar-refractivity contribution < 1.29 is 9.18 Å². The number of carbonyl (C=O) groups excluding carboxylic acids is 1. The molecule has 7 nitrogen and oxygen atoms in total. The lowest BCUT2D eigenvalue weighted by Crippen LogP contribution is -2.23. The zero-order valence-electron chi connectivity index (χ0n) is 18.6. The van der Waals surface area contributed by atoms with Gasteiger partial charge in [-0.15, -0.1) is 0 Å². The van der Waals surface area contributed by atoms with Gasteiger partial charge in [-0.2, -0.15) is 0 Å². The number of pyridine rings is 3. The third kappa shape index (κ3) is 4.80. The minimum Gasteiger partial charge on any atom is -0.383 e. The topological polar surface area (TPSA) is 97.0 Å². The molecule has 1 aliphatic heterocycles. The largest absolute Gasteiger partial charge is 0.383 e. The third-order valence-corrected chi connectivity index (χ3v) is 6.04. The molecule has 172 valence electrons. The molecule has 1 fully saturated rings. The van der Waals surface area contributed by atoms with E-state index < -0.39 is 6.17 Å². The van der Waals surface area contributed by atoms with Gasteiger partial charge in [-0.25, -0.2) is 14.4 Å². The molecule has 1 saturated heterocycles. The van der Waals surface area contributed by atoms with Crippen molar-refractivity contribution >= 4 is 28.3 Å². The van der Waals surface area contributed by atoms with Gasteiger partial charge in [0.05, 0.1) is 12.1 Å². The van der Waals surface area contributed by atoms with Gasteiger partial charge in [-0.3, -0.25) is 9.78 Å². The molecule has 1 aliphatic rings. The van der Waals surface area contributed by atoms with E-state index in [0.29, 0.717) is 43.9 Å². The fourth-order valence-electron chi connectivity index (χ4n) is 4.26. The van der Waals surface area contributed by atoms with Crippen LogP contribution < -0.4 is 16.0 Å². The van der Waals surface area contributed by atoms with Gasteiger partial charge in [-0.05, 0) is 65.3 Å². The first-order valence-electron chi connectivity index (χ1n) is 11.2. The number of amides is 1. The second-order valence-corrected chi connectivity index (χ2v) is 8.55. The molecule has 0 spiro atoms. The molecule has 0 aliphatic carbocycles. The highest BCUT2D eigenvalue weighted by Gasteiger charge is 2.22. The number of carbonyl (C=O) groups is 1. The highest BCUT2D eigenvalue weighted by atomic mass is 19.1. The van der Waals surface area contributed by atoms with Crippen molar-refractivity contribution in [1.29, 1.82) is 0 Å². The van der Waals surface area contributed by atoms with Crippen LogP contribution in [0.3, 0.4) is 0 Å². The highest BCUT2D eigenvalue weighted by molar-refractivity contribution is 5.94. The fraction of sp³-hybridized carbons (Fsp3) is 0.231. The average Bonchev–Trinajstić information content (AvgIpc) is 3.29. The van der Waals surface area contributed by atoms with Crippen LogP contribution in [0, 0.1) is 0 Å². The van der Waals surface area contributed by atoms with Gasteiger partial charge in [0.2, 0.25) is 0 Å². The van der Waals surface area contributed by atoms with E-state index in [1.165, 1.54) is 0 Å². The SMILES string of the molecule is Nc1nccc2cc(CNC(=O)c3cncc(Cc4ccnc(N5CCC(F)C5)c4)c3)ccc12. The summed E-state index contributed by atoms with van der Waals surface area (Å²) in [7, 11) is 0. The van der Waals surface area contributed by atoms with Crippen molar-refractivity contribution in [2.45, 2.75) is 25.6 Å². The van der Waals surface area contributed by atoms with Gasteiger partial charge in [0.1, 0.15) is 17.8 Å². The summed E-state index contributed by atoms with van der Waals surface area (Å²) in [5, 5.41) is 4.83. The lowest BCUT2D eigenvalue weighted by atomic mass is 10.1. The molecule has 3 N–H and O–H groups in total. The van der Waals surface area contributed by atoms with Gasteiger partial charge < -0.3 is 16.0 Å². The monoisotopic (exact) mass is 456 g/mol. The maximum Gasteiger partial charge on any atom is 0.253 e. The van der Waals surface area contributed by atoms with Crippen molar-refractivity contribution in [3.63, 3.8) is 0 Å². The van der Waals surface area contributed by atoms with Crippen LogP contribution in [0.1, 0.15) is 33.5 Å². The quantitative estimate of drug-likeness (QED) is 0.460. The summed E-state index contributed by atoms with van der Waals surface area (Å²) in [5.74, 6) is 1.09. The smallest absolute Gasteiger partial charge is 0.253 e. The summed E-state index contributed by atoms with van der Waals surface area (Å²) in [4.78, 5) is 27.5. The number of halogens is 1. The average molecular weight is 457 g/mol. The number of hydrogen-bond acceptors (Lipinski definition) is 6. The number of alkyl halides is 1. The Labute approximate surface area is 196 Å². The summed E-state index contributed by atoms with van der Waals surface area (Å²) >= 11 is 0. The molecule has 0 saturated carbocycles. The van der Waals surface area contributed by atoms with Crippen LogP contribution in [-0.4, -0.2) is 40.1 Å². The molecule has 0 radical (unpaired) electrons. The van der Waals surface area contributed by atoms with Crippen molar-refractivity contribution in [1.82, 2.24) is 20.3 Å². The van der Waals surface area contributed by atoms with Gasteiger partial charge >= 0.3 is 0 Å². The van der Waals surface area contributed by atoms with Crippen molar-refractivity contribution in [2.75, 3.05) is 23.7 Å². The Hall–Kier alpha value is -4.07. The lowest BCUT2D eigenvalue weighted by molar-refractivity contribution is 0.0950. The summed E-state index contributed by atoms with van der Waals surface area (Å²) in [6.45, 7) is 1.45. The van der Waals surface area contributed by atoms with E-state index in [1.807, 2.05) is 47.4 Å². The number of nitrogens with two attached hydrogens (primary N) is 1. The number of rotatable bonds is 6. The molecule has 1 unspecified atom stereocenters. The fourth-order valence-corrected chi connectivity index (χ4v) is 4.26. The minimum atomic E-state index is -0.797. The Bertz CT molecular complexity index is 1340. The second kappa shape index (κ2) is 9.43. The zero-order valence-corrected chi connectivity index (χ0v) is 18.6. The number of nitrogen functional groups attached to an aromatic ring is 1. The van der Waals surface area contributed by atoms with Crippen LogP contribution in [0.5, 0.6) is 0 Å². The Kier molecular flexibility index (Phi) is 6.03. The van der Waals surface area contributed by atoms with Crippen molar-refractivity contribution in [2.24, 2.45) is 0 Å².